The van der Waals surface area contributed by atoms with E-state index in [0.29, 0.717) is 47.4 Å². The minimum atomic E-state index is -0.573. The van der Waals surface area contributed by atoms with Crippen LogP contribution in [0.3, 0.4) is 0 Å². The third kappa shape index (κ3) is 6.94. The number of aryl methyl sites for hydroxylation is 2. The zero-order valence-corrected chi connectivity index (χ0v) is 26.9. The molecule has 1 aliphatic carbocycles. The fraction of sp³-hybridized carbons (Fsp3) is 0.528. The molecule has 1 aromatic rings. The predicted molar refractivity (Wildman–Crippen MR) is 178 cm³/mol. The van der Waals surface area contributed by atoms with Gasteiger partial charge in [-0.05, 0) is 76.3 Å². The van der Waals surface area contributed by atoms with Gasteiger partial charge in [0.05, 0.1) is 11.1 Å². The minimum absolute atomic E-state index is 0.108. The highest BCUT2D eigenvalue weighted by atomic mass is 19.1. The van der Waals surface area contributed by atoms with Gasteiger partial charge in [0.2, 0.25) is 0 Å². The zero-order valence-electron chi connectivity index (χ0n) is 26.9. The fourth-order valence-corrected chi connectivity index (χ4v) is 7.01. The summed E-state index contributed by atoms with van der Waals surface area (Å²) in [6.45, 7) is 15.4. The van der Waals surface area contributed by atoms with Crippen LogP contribution in [0.4, 0.5) is 13.2 Å². The smallest absolute Gasteiger partial charge is 0.175 e. The highest BCUT2D eigenvalue weighted by Crippen LogP contribution is 2.40. The summed E-state index contributed by atoms with van der Waals surface area (Å²) in [5, 5.41) is 0. The molecule has 44 heavy (non-hydrogen) atoms. The van der Waals surface area contributed by atoms with Gasteiger partial charge < -0.3 is 4.90 Å². The lowest BCUT2D eigenvalue weighted by atomic mass is 9.84. The maximum Gasteiger partial charge on any atom is 0.175 e. The quantitative estimate of drug-likeness (QED) is 0.260. The molecular formula is C36H46F3N5. The van der Waals surface area contributed by atoms with Gasteiger partial charge in [-0.15, -0.1) is 6.42 Å². The van der Waals surface area contributed by atoms with E-state index < -0.39 is 12.0 Å². The number of piperidine rings is 1. The van der Waals surface area contributed by atoms with Gasteiger partial charge in [-0.1, -0.05) is 38.3 Å². The molecule has 3 fully saturated rings. The molecule has 0 radical (unpaired) electrons. The number of hydrogen-bond acceptors (Lipinski definition) is 5. The number of benzene rings is 1. The van der Waals surface area contributed by atoms with Gasteiger partial charge in [-0.3, -0.25) is 14.9 Å². The summed E-state index contributed by atoms with van der Waals surface area (Å²) in [6.07, 6.45) is 13.0. The van der Waals surface area contributed by atoms with Crippen LogP contribution in [0.25, 0.3) is 11.3 Å². The summed E-state index contributed by atoms with van der Waals surface area (Å²) in [5.41, 5.74) is 3.82. The van der Waals surface area contributed by atoms with E-state index in [-0.39, 0.29) is 29.2 Å². The second-order valence-electron chi connectivity index (χ2n) is 12.0. The summed E-state index contributed by atoms with van der Waals surface area (Å²) in [7, 11) is 1.55. The van der Waals surface area contributed by atoms with Gasteiger partial charge in [-0.25, -0.2) is 18.2 Å². The number of nitrogens with zero attached hydrogens (tertiary/aromatic N) is 5. The molecule has 6 rings (SSSR count). The Morgan fingerprint density at radius 3 is 2.52 bits per heavy atom. The molecule has 0 N–H and O–H groups in total. The van der Waals surface area contributed by atoms with Crippen LogP contribution in [0.1, 0.15) is 81.5 Å². The van der Waals surface area contributed by atoms with E-state index in [1.165, 1.54) is 12.8 Å². The molecule has 5 aliphatic rings. The average Bonchev–Trinajstić information content (AvgIpc) is 3.60. The Hall–Kier alpha value is -3.44. The first kappa shape index (κ1) is 33.5. The van der Waals surface area contributed by atoms with Gasteiger partial charge in [0.1, 0.15) is 29.2 Å². The van der Waals surface area contributed by atoms with Crippen LogP contribution in [0.2, 0.25) is 0 Å². The Balaban J connectivity index is 0.000000337. The summed E-state index contributed by atoms with van der Waals surface area (Å²) >= 11 is 0. The number of fused-ring (bicyclic) bond motifs is 2. The summed E-state index contributed by atoms with van der Waals surface area (Å²) in [5.74, 6) is 2.64. The molecule has 3 unspecified atom stereocenters. The third-order valence-electron chi connectivity index (χ3n) is 8.92. The molecule has 4 heterocycles. The largest absolute Gasteiger partial charge is 0.356 e. The van der Waals surface area contributed by atoms with E-state index in [4.69, 9.17) is 6.42 Å². The van der Waals surface area contributed by atoms with Crippen molar-refractivity contribution in [3.05, 3.63) is 57.4 Å². The minimum Gasteiger partial charge on any atom is -0.356 e. The molecule has 236 valence electrons. The monoisotopic (exact) mass is 605 g/mol. The van der Waals surface area contributed by atoms with E-state index in [1.54, 1.807) is 13.3 Å². The molecule has 0 amide bonds. The SMILES string of the molecule is C#CC1=C(F)CCc2cc(C)cc(C3=C(F)C(=NC)/C(=C(\N=C)N4CCCC(C)C4)C=N3)c21.CC.FC1CC2CCCN2C1. The van der Waals surface area contributed by atoms with Gasteiger partial charge >= 0.3 is 0 Å². The van der Waals surface area contributed by atoms with Crippen LogP contribution in [0, 0.1) is 25.2 Å². The lowest BCUT2D eigenvalue weighted by molar-refractivity contribution is 0.227. The lowest BCUT2D eigenvalue weighted by Gasteiger charge is -2.34. The molecule has 0 bridgehead atoms. The molecule has 3 saturated heterocycles. The standard InChI is InChI=1S/C27H28F2N4.C7H12FN.C2H6/c1-6-19-22(28)10-9-18-12-17(3)13-20(23(18)19)26-24(29)25(30-4)21(14-32-26)27(31-5)33-11-7-8-16(2)15-33;8-6-4-7-2-1-3-9(7)5-6;1-2/h1,12-14,16H,5,7-11,15H2,2-4H3;6-7H,1-5H2;1-2H3/b27-21+,30-25?;;. The fourth-order valence-electron chi connectivity index (χ4n) is 7.01. The van der Waals surface area contributed by atoms with E-state index in [2.05, 4.69) is 44.3 Å². The Labute approximate surface area is 261 Å². The second-order valence-corrected chi connectivity index (χ2v) is 12.0. The first-order chi connectivity index (χ1) is 21.2. The molecule has 0 aromatic heterocycles. The van der Waals surface area contributed by atoms with E-state index in [0.717, 1.165) is 50.0 Å². The van der Waals surface area contributed by atoms with Crippen molar-refractivity contribution in [2.75, 3.05) is 33.2 Å². The summed E-state index contributed by atoms with van der Waals surface area (Å²) < 4.78 is 43.2. The number of terminal acetylenes is 1. The lowest BCUT2D eigenvalue weighted by Crippen LogP contribution is -2.35. The van der Waals surface area contributed by atoms with Gasteiger partial charge in [0.25, 0.3) is 0 Å². The number of likely N-dealkylation sites (tertiary alicyclic amines) is 1. The Morgan fingerprint density at radius 2 is 1.86 bits per heavy atom. The second kappa shape index (κ2) is 15.0. The van der Waals surface area contributed by atoms with Crippen molar-refractivity contribution in [1.82, 2.24) is 9.80 Å². The molecule has 1 aromatic carbocycles. The van der Waals surface area contributed by atoms with Crippen LogP contribution in [-0.4, -0.2) is 73.9 Å². The van der Waals surface area contributed by atoms with Crippen LogP contribution in [0.5, 0.6) is 0 Å². The normalized spacial score (nSPS) is 26.8. The van der Waals surface area contributed by atoms with E-state index >= 15 is 4.39 Å². The van der Waals surface area contributed by atoms with E-state index in [1.807, 2.05) is 32.9 Å². The van der Waals surface area contributed by atoms with Crippen molar-refractivity contribution in [2.24, 2.45) is 20.9 Å². The summed E-state index contributed by atoms with van der Waals surface area (Å²) in [6, 6.07) is 4.40. The van der Waals surface area contributed by atoms with Crippen molar-refractivity contribution in [1.29, 1.82) is 0 Å². The topological polar surface area (TPSA) is 43.6 Å². The number of allylic oxidation sites excluding steroid dienone is 4. The van der Waals surface area contributed by atoms with Gasteiger partial charge in [-0.2, -0.15) is 0 Å². The average molecular weight is 606 g/mol. The number of halogens is 3. The third-order valence-corrected chi connectivity index (χ3v) is 8.92. The molecule has 0 saturated carbocycles. The molecule has 8 heteroatoms. The van der Waals surface area contributed by atoms with Crippen LogP contribution in [0.15, 0.2) is 50.2 Å². The molecule has 0 spiro atoms. The van der Waals surface area contributed by atoms with Gasteiger partial charge in [0.15, 0.2) is 5.83 Å². The van der Waals surface area contributed by atoms with Crippen LogP contribution >= 0.6 is 0 Å². The highest BCUT2D eigenvalue weighted by Gasteiger charge is 2.35. The first-order valence-electron chi connectivity index (χ1n) is 16.0. The van der Waals surface area contributed by atoms with Crippen molar-refractivity contribution in [3.63, 3.8) is 0 Å². The Morgan fingerprint density at radius 1 is 1.11 bits per heavy atom. The molecule has 3 atom stereocenters. The summed E-state index contributed by atoms with van der Waals surface area (Å²) in [4.78, 5) is 17.4. The van der Waals surface area contributed by atoms with Crippen LogP contribution < -0.4 is 0 Å². The number of alkyl halides is 1. The van der Waals surface area contributed by atoms with Crippen molar-refractivity contribution < 1.29 is 13.2 Å². The highest BCUT2D eigenvalue weighted by molar-refractivity contribution is 6.28. The predicted octanol–water partition coefficient (Wildman–Crippen LogP) is 7.91. The van der Waals surface area contributed by atoms with Crippen molar-refractivity contribution in [2.45, 2.75) is 84.9 Å². The zero-order chi connectivity index (χ0) is 32.0. The van der Waals surface area contributed by atoms with E-state index in [9.17, 15) is 8.78 Å². The molecule has 5 nitrogen and oxygen atoms in total. The van der Waals surface area contributed by atoms with Crippen molar-refractivity contribution in [3.8, 4) is 12.3 Å². The van der Waals surface area contributed by atoms with Crippen molar-refractivity contribution >= 4 is 29.9 Å². The number of aliphatic imine (C=N–C) groups is 3. The Kier molecular flexibility index (Phi) is 11.4. The number of rotatable bonds is 3. The maximum absolute atomic E-state index is 16.0. The Bertz CT molecular complexity index is 1430. The number of hydrogen-bond donors (Lipinski definition) is 0. The molecule has 4 aliphatic heterocycles. The van der Waals surface area contributed by atoms with Crippen LogP contribution in [-0.2, 0) is 6.42 Å². The molecular weight excluding hydrogens is 559 g/mol. The maximum atomic E-state index is 16.0. The van der Waals surface area contributed by atoms with Gasteiger partial charge in [0, 0.05) is 56.5 Å². The first-order valence-corrected chi connectivity index (χ1v) is 16.0.